The zero-order chi connectivity index (χ0) is 29.4. The summed E-state index contributed by atoms with van der Waals surface area (Å²) in [5, 5.41) is 5.90. The van der Waals surface area contributed by atoms with Crippen molar-refractivity contribution >= 4 is 91.8 Å². The number of nitrogens with zero attached hydrogens (tertiary/aromatic N) is 3. The first kappa shape index (κ1) is 28.9. The van der Waals surface area contributed by atoms with Gasteiger partial charge in [-0.2, -0.15) is 9.78 Å². The molecule has 6 rings (SSSR count). The quantitative estimate of drug-likeness (QED) is 0.150. The van der Waals surface area contributed by atoms with E-state index in [0.717, 1.165) is 19.9 Å². The normalized spacial score (nSPS) is 11.5. The summed E-state index contributed by atoms with van der Waals surface area (Å²) < 4.78 is 22.4. The van der Waals surface area contributed by atoms with E-state index in [1.54, 1.807) is 37.6 Å². The van der Waals surface area contributed by atoms with E-state index in [9.17, 15) is 4.79 Å². The molecule has 0 atom stereocenters. The van der Waals surface area contributed by atoms with Crippen molar-refractivity contribution in [2.45, 2.75) is 6.61 Å². The number of fused-ring (bicyclic) bond motifs is 2. The van der Waals surface area contributed by atoms with Crippen LogP contribution in [0.3, 0.4) is 0 Å². The third-order valence-corrected chi connectivity index (χ3v) is 9.60. The van der Waals surface area contributed by atoms with Crippen LogP contribution >= 0.6 is 63.7 Å². The average molecular weight is 817 g/mol. The second-order valence-corrected chi connectivity index (χ2v) is 12.6. The lowest BCUT2D eigenvalue weighted by molar-refractivity contribution is 0.282. The Bertz CT molecular complexity index is 2050. The molecule has 0 unspecified atom stereocenters. The van der Waals surface area contributed by atoms with Gasteiger partial charge in [0.25, 0.3) is 5.56 Å². The second-order valence-electron chi connectivity index (χ2n) is 9.15. The third-order valence-electron chi connectivity index (χ3n) is 6.44. The molecular formula is C31H19Br4N3O4. The maximum atomic E-state index is 13.7. The van der Waals surface area contributed by atoms with Gasteiger partial charge in [-0.15, -0.1) is 0 Å². The summed E-state index contributed by atoms with van der Waals surface area (Å²) in [4.78, 5) is 18.4. The molecule has 4 aromatic carbocycles. The Hall–Kier alpha value is -3.25. The zero-order valence-corrected chi connectivity index (χ0v) is 28.1. The van der Waals surface area contributed by atoms with Gasteiger partial charge in [0, 0.05) is 24.4 Å². The molecule has 11 heteroatoms. The third kappa shape index (κ3) is 5.70. The van der Waals surface area contributed by atoms with E-state index < -0.39 is 0 Å². The molecule has 0 saturated heterocycles. The fraction of sp³-hybridized carbons (Fsp3) is 0.0645. The topological polar surface area (TPSA) is 78.9 Å². The van der Waals surface area contributed by atoms with E-state index in [0.29, 0.717) is 54.9 Å². The lowest BCUT2D eigenvalue weighted by Crippen LogP contribution is -2.20. The highest BCUT2D eigenvalue weighted by Gasteiger charge is 2.19. The van der Waals surface area contributed by atoms with Gasteiger partial charge in [-0.1, -0.05) is 56.1 Å². The lowest BCUT2D eigenvalue weighted by atomic mass is 10.2. The second kappa shape index (κ2) is 12.2. The molecule has 0 N–H and O–H groups in total. The van der Waals surface area contributed by atoms with Gasteiger partial charge >= 0.3 is 0 Å². The summed E-state index contributed by atoms with van der Waals surface area (Å²) in [6.07, 6.45) is 1.57. The van der Waals surface area contributed by atoms with Gasteiger partial charge in [-0.05, 0) is 92.0 Å². The molecule has 42 heavy (non-hydrogen) atoms. The van der Waals surface area contributed by atoms with Crippen LogP contribution in [-0.4, -0.2) is 23.0 Å². The predicted molar refractivity (Wildman–Crippen MR) is 179 cm³/mol. The average Bonchev–Trinajstić information content (AvgIpc) is 3.42. The summed E-state index contributed by atoms with van der Waals surface area (Å²) in [5.74, 6) is 1.72. The van der Waals surface area contributed by atoms with Crippen molar-refractivity contribution in [1.29, 1.82) is 0 Å². The smallest absolute Gasteiger partial charge is 0.282 e. The molecule has 0 amide bonds. The standard InChI is InChI=1S/C31H19Br4N3O4/c1-40-25-14-19(27(34)28(35)29(25)41-16-17-6-8-20(32)9-7-17)15-36-38-30(37-23-5-3-2-4-22(23)31(38)39)26-13-18-12-21(33)10-11-24(18)42-26/h2-15H,16H2,1H3. The van der Waals surface area contributed by atoms with E-state index in [1.807, 2.05) is 54.6 Å². The van der Waals surface area contributed by atoms with Gasteiger partial charge in [-0.3, -0.25) is 4.79 Å². The first-order valence-electron chi connectivity index (χ1n) is 12.5. The summed E-state index contributed by atoms with van der Waals surface area (Å²) in [6, 6.07) is 24.3. The van der Waals surface area contributed by atoms with Crippen LogP contribution in [0.4, 0.5) is 0 Å². The van der Waals surface area contributed by atoms with Crippen LogP contribution in [0.5, 0.6) is 11.5 Å². The molecule has 0 spiro atoms. The van der Waals surface area contributed by atoms with Crippen molar-refractivity contribution < 1.29 is 13.9 Å². The Morgan fingerprint density at radius 2 is 1.69 bits per heavy atom. The molecular weight excluding hydrogens is 798 g/mol. The molecule has 0 saturated carbocycles. The summed E-state index contributed by atoms with van der Waals surface area (Å²) in [7, 11) is 1.57. The number of benzene rings is 4. The zero-order valence-electron chi connectivity index (χ0n) is 21.8. The van der Waals surface area contributed by atoms with Gasteiger partial charge in [0.1, 0.15) is 12.2 Å². The molecule has 0 fully saturated rings. The summed E-state index contributed by atoms with van der Waals surface area (Å²) >= 11 is 14.2. The largest absolute Gasteiger partial charge is 0.493 e. The highest BCUT2D eigenvalue weighted by Crippen LogP contribution is 2.42. The van der Waals surface area contributed by atoms with Crippen LogP contribution in [0.25, 0.3) is 33.5 Å². The summed E-state index contributed by atoms with van der Waals surface area (Å²) in [5.41, 5.74) is 2.53. The molecule has 6 aromatic rings. The Morgan fingerprint density at radius 3 is 2.48 bits per heavy atom. The van der Waals surface area contributed by atoms with Gasteiger partial charge in [0.15, 0.2) is 17.3 Å². The van der Waals surface area contributed by atoms with Crippen LogP contribution in [0.1, 0.15) is 11.1 Å². The lowest BCUT2D eigenvalue weighted by Gasteiger charge is -2.15. The monoisotopic (exact) mass is 813 g/mol. The van der Waals surface area contributed by atoms with E-state index in [4.69, 9.17) is 18.9 Å². The van der Waals surface area contributed by atoms with Crippen molar-refractivity contribution in [2.75, 3.05) is 7.11 Å². The number of para-hydroxylation sites is 1. The highest BCUT2D eigenvalue weighted by atomic mass is 79.9. The van der Waals surface area contributed by atoms with Gasteiger partial charge < -0.3 is 13.9 Å². The SMILES string of the molecule is COc1cc(C=Nn2c(-c3cc4cc(Br)ccc4o3)nc3ccccc3c2=O)c(Br)c(Br)c1OCc1ccc(Br)cc1. The molecule has 2 aromatic heterocycles. The first-order valence-corrected chi connectivity index (χ1v) is 15.7. The Kier molecular flexibility index (Phi) is 8.35. The number of hydrogen-bond acceptors (Lipinski definition) is 6. The molecule has 0 aliphatic carbocycles. The Morgan fingerprint density at radius 1 is 0.929 bits per heavy atom. The fourth-order valence-corrected chi connectivity index (χ4v) is 5.93. The number of methoxy groups -OCH3 is 1. The number of hydrogen-bond donors (Lipinski definition) is 0. The molecule has 7 nitrogen and oxygen atoms in total. The molecule has 0 aliphatic rings. The molecule has 0 aliphatic heterocycles. The number of halogens is 4. The van der Waals surface area contributed by atoms with E-state index in [1.165, 1.54) is 4.68 Å². The van der Waals surface area contributed by atoms with Crippen LogP contribution in [0.2, 0.25) is 0 Å². The van der Waals surface area contributed by atoms with Crippen LogP contribution in [0.15, 0.2) is 111 Å². The molecule has 210 valence electrons. The molecule has 0 radical (unpaired) electrons. The van der Waals surface area contributed by atoms with Crippen molar-refractivity contribution in [2.24, 2.45) is 5.10 Å². The number of ether oxygens (including phenoxy) is 2. The minimum absolute atomic E-state index is 0.277. The van der Waals surface area contributed by atoms with E-state index in [-0.39, 0.29) is 11.4 Å². The minimum Gasteiger partial charge on any atom is -0.493 e. The van der Waals surface area contributed by atoms with Crippen molar-refractivity contribution in [3.05, 3.63) is 118 Å². The maximum Gasteiger partial charge on any atom is 0.282 e. The highest BCUT2D eigenvalue weighted by molar-refractivity contribution is 9.13. The maximum absolute atomic E-state index is 13.7. The van der Waals surface area contributed by atoms with Crippen molar-refractivity contribution in [3.8, 4) is 23.1 Å². The van der Waals surface area contributed by atoms with E-state index >= 15 is 0 Å². The Labute approximate surface area is 273 Å². The molecule has 0 bridgehead atoms. The molecule has 2 heterocycles. The fourth-order valence-electron chi connectivity index (χ4n) is 4.36. The van der Waals surface area contributed by atoms with Gasteiger partial charge in [-0.25, -0.2) is 4.98 Å². The van der Waals surface area contributed by atoms with Gasteiger partial charge in [0.2, 0.25) is 5.82 Å². The number of rotatable bonds is 7. The van der Waals surface area contributed by atoms with Crippen molar-refractivity contribution in [3.63, 3.8) is 0 Å². The Balaban J connectivity index is 1.42. The van der Waals surface area contributed by atoms with Crippen molar-refractivity contribution in [1.82, 2.24) is 9.66 Å². The van der Waals surface area contributed by atoms with E-state index in [2.05, 4.69) is 68.8 Å². The minimum atomic E-state index is -0.329. The van der Waals surface area contributed by atoms with Gasteiger partial charge in [0.05, 0.1) is 28.7 Å². The van der Waals surface area contributed by atoms with Crippen LogP contribution < -0.4 is 15.0 Å². The van der Waals surface area contributed by atoms with Crippen LogP contribution in [0, 0.1) is 0 Å². The predicted octanol–water partition coefficient (Wildman–Crippen LogP) is 9.33. The first-order chi connectivity index (χ1) is 20.3. The number of aromatic nitrogens is 2. The van der Waals surface area contributed by atoms with Crippen LogP contribution in [-0.2, 0) is 6.61 Å². The number of furan rings is 1. The summed E-state index contributed by atoms with van der Waals surface area (Å²) in [6.45, 7) is 0.345.